The van der Waals surface area contributed by atoms with E-state index in [0.717, 1.165) is 12.1 Å². The van der Waals surface area contributed by atoms with Crippen LogP contribution >= 0.6 is 0 Å². The van der Waals surface area contributed by atoms with Crippen molar-refractivity contribution in [3.63, 3.8) is 0 Å². The third-order valence-electron chi connectivity index (χ3n) is 4.90. The molecule has 0 radical (unpaired) electrons. The highest BCUT2D eigenvalue weighted by atomic mass is 19.4. The van der Waals surface area contributed by atoms with E-state index in [1.54, 1.807) is 0 Å². The summed E-state index contributed by atoms with van der Waals surface area (Å²) in [6, 6.07) is 11.0. The predicted octanol–water partition coefficient (Wildman–Crippen LogP) is 4.65. The molecule has 1 saturated heterocycles. The number of nitrogens with one attached hydrogen (secondary N) is 2. The lowest BCUT2D eigenvalue weighted by Gasteiger charge is -2.13. The van der Waals surface area contributed by atoms with Crippen molar-refractivity contribution in [3.8, 4) is 11.4 Å². The van der Waals surface area contributed by atoms with Crippen LogP contribution in [0.25, 0.3) is 11.4 Å². The van der Waals surface area contributed by atoms with E-state index < -0.39 is 11.7 Å². The minimum absolute atomic E-state index is 0.0776. The van der Waals surface area contributed by atoms with Gasteiger partial charge in [-0.3, -0.25) is 0 Å². The quantitative estimate of drug-likeness (QED) is 0.684. The van der Waals surface area contributed by atoms with Crippen LogP contribution in [0.15, 0.2) is 47.0 Å². The van der Waals surface area contributed by atoms with Gasteiger partial charge < -0.3 is 4.52 Å². The molecule has 28 heavy (non-hydrogen) atoms. The molecule has 2 N–H and O–H groups in total. The zero-order valence-corrected chi connectivity index (χ0v) is 15.3. The van der Waals surface area contributed by atoms with Crippen LogP contribution in [0.1, 0.15) is 46.6 Å². The molecule has 0 amide bonds. The topological polar surface area (TPSA) is 63.0 Å². The average molecular weight is 388 g/mol. The van der Waals surface area contributed by atoms with Gasteiger partial charge in [0.15, 0.2) is 0 Å². The number of nitrogens with zero attached hydrogens (tertiary/aromatic N) is 2. The fraction of sp³-hybridized carbons (Fsp3) is 0.300. The van der Waals surface area contributed by atoms with E-state index in [4.69, 9.17) is 4.52 Å². The van der Waals surface area contributed by atoms with Gasteiger partial charge in [-0.1, -0.05) is 41.1 Å². The number of rotatable bonds is 3. The summed E-state index contributed by atoms with van der Waals surface area (Å²) in [6.07, 6.45) is -3.73. The normalized spacial score (nSPS) is 19.9. The van der Waals surface area contributed by atoms with Crippen molar-refractivity contribution < 1.29 is 17.7 Å². The molecule has 0 spiro atoms. The minimum Gasteiger partial charge on any atom is -0.337 e. The molecular weight excluding hydrogens is 369 g/mol. The van der Waals surface area contributed by atoms with Crippen LogP contribution in [0.3, 0.4) is 0 Å². The first-order valence-electron chi connectivity index (χ1n) is 8.91. The molecule has 3 aromatic rings. The maximum absolute atomic E-state index is 12.9. The second-order valence-corrected chi connectivity index (χ2v) is 7.02. The van der Waals surface area contributed by atoms with Gasteiger partial charge in [-0.2, -0.15) is 18.2 Å². The summed E-state index contributed by atoms with van der Waals surface area (Å²) in [4.78, 5) is 4.31. The molecule has 146 valence electrons. The first-order chi connectivity index (χ1) is 13.3. The third kappa shape index (κ3) is 3.65. The number of aromatic nitrogens is 2. The Kier molecular flexibility index (Phi) is 4.68. The molecule has 8 heteroatoms. The summed E-state index contributed by atoms with van der Waals surface area (Å²) in [6.45, 7) is 4.10. The standard InChI is InChI=1S/C20H19F3N4O/c1-11-6-7-12(2)15(8-11)16-10-17(26-25-16)19-24-18(27-28-19)13-4-3-5-14(9-13)20(21,22)23/h3-9,16-17,25-26H,10H2,1-2H3. The molecule has 4 rings (SSSR count). The Hall–Kier alpha value is -2.71. The van der Waals surface area contributed by atoms with E-state index in [9.17, 15) is 13.2 Å². The van der Waals surface area contributed by atoms with Crippen LogP contribution in [0.4, 0.5) is 13.2 Å². The van der Waals surface area contributed by atoms with E-state index in [-0.39, 0.29) is 23.5 Å². The van der Waals surface area contributed by atoms with E-state index in [0.29, 0.717) is 12.3 Å². The summed E-state index contributed by atoms with van der Waals surface area (Å²) in [5, 5.41) is 3.86. The molecule has 0 saturated carbocycles. The molecule has 1 aromatic heterocycles. The first kappa shape index (κ1) is 18.6. The summed E-state index contributed by atoms with van der Waals surface area (Å²) >= 11 is 0. The molecule has 0 aliphatic carbocycles. The fourth-order valence-electron chi connectivity index (χ4n) is 3.39. The van der Waals surface area contributed by atoms with Crippen molar-refractivity contribution in [2.45, 2.75) is 38.5 Å². The van der Waals surface area contributed by atoms with Crippen molar-refractivity contribution in [1.29, 1.82) is 0 Å². The number of hydrogen-bond acceptors (Lipinski definition) is 5. The van der Waals surface area contributed by atoms with Crippen molar-refractivity contribution in [2.24, 2.45) is 0 Å². The molecule has 2 aromatic carbocycles. The number of hydrogen-bond donors (Lipinski definition) is 2. The van der Waals surface area contributed by atoms with Gasteiger partial charge in [0.25, 0.3) is 0 Å². The number of halogens is 3. The van der Waals surface area contributed by atoms with Crippen LogP contribution in [0.2, 0.25) is 0 Å². The van der Waals surface area contributed by atoms with Gasteiger partial charge in [0.1, 0.15) is 6.04 Å². The number of alkyl halides is 3. The number of aryl methyl sites for hydroxylation is 2. The van der Waals surface area contributed by atoms with Crippen LogP contribution < -0.4 is 10.9 Å². The number of benzene rings is 2. The number of hydrazine groups is 1. The van der Waals surface area contributed by atoms with Gasteiger partial charge in [0.2, 0.25) is 11.7 Å². The van der Waals surface area contributed by atoms with Crippen molar-refractivity contribution in [3.05, 3.63) is 70.6 Å². The second-order valence-electron chi connectivity index (χ2n) is 7.02. The molecular formula is C20H19F3N4O. The van der Waals surface area contributed by atoms with Gasteiger partial charge in [-0.05, 0) is 43.5 Å². The van der Waals surface area contributed by atoms with Crippen molar-refractivity contribution in [1.82, 2.24) is 21.0 Å². The predicted molar refractivity (Wildman–Crippen MR) is 97.0 cm³/mol. The minimum atomic E-state index is -4.42. The van der Waals surface area contributed by atoms with E-state index in [2.05, 4.69) is 46.1 Å². The van der Waals surface area contributed by atoms with Crippen LogP contribution in [-0.4, -0.2) is 10.1 Å². The SMILES string of the molecule is Cc1ccc(C)c(C2CC(c3nc(-c4cccc(C(F)(F)F)c4)no3)NN2)c1. The summed E-state index contributed by atoms with van der Waals surface area (Å²) < 4.78 is 44.1. The van der Waals surface area contributed by atoms with Crippen molar-refractivity contribution in [2.75, 3.05) is 0 Å². The highest BCUT2D eigenvalue weighted by Gasteiger charge is 2.32. The zero-order chi connectivity index (χ0) is 19.9. The van der Waals surface area contributed by atoms with E-state index in [1.807, 2.05) is 6.92 Å². The van der Waals surface area contributed by atoms with Gasteiger partial charge in [0, 0.05) is 11.6 Å². The lowest BCUT2D eigenvalue weighted by Crippen LogP contribution is -2.27. The molecule has 1 fully saturated rings. The van der Waals surface area contributed by atoms with Crippen LogP contribution in [-0.2, 0) is 6.18 Å². The highest BCUT2D eigenvalue weighted by Crippen LogP contribution is 2.34. The smallest absolute Gasteiger partial charge is 0.337 e. The summed E-state index contributed by atoms with van der Waals surface area (Å²) in [5.41, 5.74) is 9.45. The Morgan fingerprint density at radius 1 is 1.04 bits per heavy atom. The van der Waals surface area contributed by atoms with Gasteiger partial charge >= 0.3 is 6.18 Å². The lowest BCUT2D eigenvalue weighted by molar-refractivity contribution is -0.137. The van der Waals surface area contributed by atoms with Crippen LogP contribution in [0, 0.1) is 13.8 Å². The molecule has 1 aliphatic rings. The van der Waals surface area contributed by atoms with Crippen molar-refractivity contribution >= 4 is 0 Å². The van der Waals surface area contributed by atoms with Crippen LogP contribution in [0.5, 0.6) is 0 Å². The molecule has 0 bridgehead atoms. The Morgan fingerprint density at radius 3 is 2.61 bits per heavy atom. The summed E-state index contributed by atoms with van der Waals surface area (Å²) in [7, 11) is 0. The monoisotopic (exact) mass is 388 g/mol. The Labute approximate surface area is 159 Å². The maximum atomic E-state index is 12.9. The maximum Gasteiger partial charge on any atom is 0.416 e. The van der Waals surface area contributed by atoms with E-state index >= 15 is 0 Å². The van der Waals surface area contributed by atoms with Gasteiger partial charge in [-0.25, -0.2) is 10.9 Å². The first-order valence-corrected chi connectivity index (χ1v) is 8.91. The fourth-order valence-corrected chi connectivity index (χ4v) is 3.39. The lowest BCUT2D eigenvalue weighted by atomic mass is 9.96. The van der Waals surface area contributed by atoms with Gasteiger partial charge in [0.05, 0.1) is 5.56 Å². The Bertz CT molecular complexity index is 999. The second kappa shape index (κ2) is 7.03. The highest BCUT2D eigenvalue weighted by molar-refractivity contribution is 5.55. The van der Waals surface area contributed by atoms with E-state index in [1.165, 1.54) is 28.8 Å². The largest absolute Gasteiger partial charge is 0.416 e. The average Bonchev–Trinajstić information content (AvgIpc) is 3.32. The molecule has 2 atom stereocenters. The van der Waals surface area contributed by atoms with Gasteiger partial charge in [-0.15, -0.1) is 0 Å². The zero-order valence-electron chi connectivity index (χ0n) is 15.3. The molecule has 2 heterocycles. The summed E-state index contributed by atoms with van der Waals surface area (Å²) in [5.74, 6) is 0.478. The molecule has 5 nitrogen and oxygen atoms in total. The molecule has 1 aliphatic heterocycles. The Balaban J connectivity index is 1.53. The Morgan fingerprint density at radius 2 is 1.82 bits per heavy atom. The molecule has 2 unspecified atom stereocenters. The third-order valence-corrected chi connectivity index (χ3v) is 4.90.